The van der Waals surface area contributed by atoms with E-state index >= 15 is 0 Å². The molecule has 2 nitrogen and oxygen atoms in total. The molecule has 0 aliphatic heterocycles. The second kappa shape index (κ2) is 5.13. The van der Waals surface area contributed by atoms with E-state index < -0.39 is 0 Å². The van der Waals surface area contributed by atoms with Crippen LogP contribution in [0.15, 0.2) is 36.4 Å². The van der Waals surface area contributed by atoms with E-state index in [4.69, 9.17) is 0 Å². The van der Waals surface area contributed by atoms with Crippen molar-refractivity contribution in [3.8, 4) is 22.6 Å². The summed E-state index contributed by atoms with van der Waals surface area (Å²) in [7, 11) is 0. The van der Waals surface area contributed by atoms with Gasteiger partial charge in [-0.05, 0) is 41.7 Å². The first-order valence-corrected chi connectivity index (χ1v) is 6.29. The Hall–Kier alpha value is -1.96. The van der Waals surface area contributed by atoms with Crippen LogP contribution in [-0.2, 0) is 12.8 Å². The molecular formula is C16H18O2. The minimum atomic E-state index is 0.135. The van der Waals surface area contributed by atoms with Gasteiger partial charge in [-0.3, -0.25) is 0 Å². The second-order valence-corrected chi connectivity index (χ2v) is 4.41. The molecule has 2 rings (SSSR count). The van der Waals surface area contributed by atoms with Gasteiger partial charge in [0.15, 0.2) is 0 Å². The molecule has 0 bridgehead atoms. The van der Waals surface area contributed by atoms with E-state index in [1.165, 1.54) is 5.56 Å². The predicted octanol–water partition coefficient (Wildman–Crippen LogP) is 3.89. The molecule has 2 aromatic carbocycles. The van der Waals surface area contributed by atoms with Crippen LogP contribution in [0.5, 0.6) is 11.5 Å². The zero-order valence-corrected chi connectivity index (χ0v) is 10.8. The van der Waals surface area contributed by atoms with Gasteiger partial charge in [-0.25, -0.2) is 0 Å². The number of aryl methyl sites for hydroxylation is 2. The fraction of sp³-hybridized carbons (Fsp3) is 0.250. The molecule has 2 N–H and O–H groups in total. The number of benzene rings is 2. The van der Waals surface area contributed by atoms with Gasteiger partial charge >= 0.3 is 0 Å². The highest BCUT2D eigenvalue weighted by Crippen LogP contribution is 2.38. The summed E-state index contributed by atoms with van der Waals surface area (Å²) in [5.41, 5.74) is 3.52. The minimum Gasteiger partial charge on any atom is -0.507 e. The van der Waals surface area contributed by atoms with Crippen LogP contribution in [0, 0.1) is 0 Å². The number of phenols is 2. The first-order chi connectivity index (χ1) is 8.65. The van der Waals surface area contributed by atoms with Gasteiger partial charge in [0.2, 0.25) is 0 Å². The fourth-order valence-electron chi connectivity index (χ4n) is 2.08. The summed E-state index contributed by atoms with van der Waals surface area (Å²) in [5, 5.41) is 20.0. The Kier molecular flexibility index (Phi) is 3.56. The van der Waals surface area contributed by atoms with E-state index in [2.05, 4.69) is 6.92 Å². The summed E-state index contributed by atoms with van der Waals surface area (Å²) >= 11 is 0. The minimum absolute atomic E-state index is 0.135. The molecule has 0 heterocycles. The molecular weight excluding hydrogens is 224 g/mol. The lowest BCUT2D eigenvalue weighted by Gasteiger charge is -2.10. The van der Waals surface area contributed by atoms with Crippen molar-refractivity contribution < 1.29 is 10.2 Å². The molecule has 0 unspecified atom stereocenters. The van der Waals surface area contributed by atoms with Gasteiger partial charge in [-0.2, -0.15) is 0 Å². The molecule has 0 atom stereocenters. The summed E-state index contributed by atoms with van der Waals surface area (Å²) in [4.78, 5) is 0. The van der Waals surface area contributed by atoms with Gasteiger partial charge in [-0.1, -0.05) is 38.1 Å². The molecule has 0 aliphatic carbocycles. The molecule has 0 amide bonds. The average Bonchev–Trinajstić information content (AvgIpc) is 2.38. The smallest absolute Gasteiger partial charge is 0.127 e. The summed E-state index contributed by atoms with van der Waals surface area (Å²) in [6.45, 7) is 4.09. The molecule has 0 saturated heterocycles. The number of aromatic hydroxyl groups is 2. The van der Waals surface area contributed by atoms with Gasteiger partial charge in [0.05, 0.1) is 5.56 Å². The summed E-state index contributed by atoms with van der Waals surface area (Å²) in [6, 6.07) is 11.3. The zero-order valence-electron chi connectivity index (χ0n) is 10.8. The topological polar surface area (TPSA) is 40.5 Å². The molecule has 0 saturated carbocycles. The Balaban J connectivity index is 2.49. The van der Waals surface area contributed by atoms with E-state index in [-0.39, 0.29) is 11.5 Å². The molecule has 0 radical (unpaired) electrons. The Bertz CT molecular complexity index is 519. The first kappa shape index (κ1) is 12.5. The fourth-order valence-corrected chi connectivity index (χ4v) is 2.08. The quantitative estimate of drug-likeness (QED) is 0.857. The van der Waals surface area contributed by atoms with Crippen LogP contribution in [0.2, 0.25) is 0 Å². The third kappa shape index (κ3) is 2.33. The molecule has 2 aromatic rings. The van der Waals surface area contributed by atoms with Gasteiger partial charge < -0.3 is 10.2 Å². The lowest BCUT2D eigenvalue weighted by atomic mass is 9.99. The summed E-state index contributed by atoms with van der Waals surface area (Å²) < 4.78 is 0. The predicted molar refractivity (Wildman–Crippen MR) is 74.0 cm³/mol. The zero-order chi connectivity index (χ0) is 13.1. The number of phenolic OH excluding ortho intramolecular Hbond substituents is 2. The molecule has 94 valence electrons. The SMILES string of the molecule is CCc1ccc(-c2c(O)cc(CC)cc2O)cc1. The van der Waals surface area contributed by atoms with Gasteiger partial charge in [0, 0.05) is 0 Å². The molecule has 2 heteroatoms. The Labute approximate surface area is 108 Å². The van der Waals surface area contributed by atoms with E-state index in [9.17, 15) is 10.2 Å². The van der Waals surface area contributed by atoms with Crippen molar-refractivity contribution in [2.24, 2.45) is 0 Å². The van der Waals surface area contributed by atoms with Crippen LogP contribution >= 0.6 is 0 Å². The van der Waals surface area contributed by atoms with Crippen molar-refractivity contribution >= 4 is 0 Å². The maximum Gasteiger partial charge on any atom is 0.127 e. The highest BCUT2D eigenvalue weighted by atomic mass is 16.3. The van der Waals surface area contributed by atoms with E-state index in [1.54, 1.807) is 12.1 Å². The van der Waals surface area contributed by atoms with Gasteiger partial charge in [-0.15, -0.1) is 0 Å². The number of hydrogen-bond acceptors (Lipinski definition) is 2. The van der Waals surface area contributed by atoms with Crippen LogP contribution in [0.4, 0.5) is 0 Å². The van der Waals surface area contributed by atoms with E-state index in [0.29, 0.717) is 5.56 Å². The Morgan fingerprint density at radius 1 is 0.778 bits per heavy atom. The number of hydrogen-bond donors (Lipinski definition) is 2. The van der Waals surface area contributed by atoms with Crippen molar-refractivity contribution in [1.82, 2.24) is 0 Å². The van der Waals surface area contributed by atoms with Crippen molar-refractivity contribution in [2.45, 2.75) is 26.7 Å². The maximum absolute atomic E-state index is 10.0. The normalized spacial score (nSPS) is 10.6. The van der Waals surface area contributed by atoms with Crippen LogP contribution in [0.3, 0.4) is 0 Å². The summed E-state index contributed by atoms with van der Waals surface area (Å²) in [5.74, 6) is 0.271. The largest absolute Gasteiger partial charge is 0.507 e. The molecule has 0 fully saturated rings. The standard InChI is InChI=1S/C16H18O2/c1-3-11-5-7-13(8-6-11)16-14(17)9-12(4-2)10-15(16)18/h5-10,17-18H,3-4H2,1-2H3. The summed E-state index contributed by atoms with van der Waals surface area (Å²) in [6.07, 6.45) is 1.77. The van der Waals surface area contributed by atoms with Crippen LogP contribution in [-0.4, -0.2) is 10.2 Å². The lowest BCUT2D eigenvalue weighted by Crippen LogP contribution is -1.86. The van der Waals surface area contributed by atoms with Crippen LogP contribution < -0.4 is 0 Å². The maximum atomic E-state index is 10.0. The van der Waals surface area contributed by atoms with Crippen molar-refractivity contribution in [2.75, 3.05) is 0 Å². The Morgan fingerprint density at radius 2 is 1.28 bits per heavy atom. The molecule has 18 heavy (non-hydrogen) atoms. The van der Waals surface area contributed by atoms with Crippen molar-refractivity contribution in [1.29, 1.82) is 0 Å². The van der Waals surface area contributed by atoms with Crippen LogP contribution in [0.25, 0.3) is 11.1 Å². The van der Waals surface area contributed by atoms with Gasteiger partial charge in [0.25, 0.3) is 0 Å². The molecule has 0 spiro atoms. The van der Waals surface area contributed by atoms with Crippen molar-refractivity contribution in [3.63, 3.8) is 0 Å². The van der Waals surface area contributed by atoms with Crippen molar-refractivity contribution in [3.05, 3.63) is 47.5 Å². The average molecular weight is 242 g/mol. The highest BCUT2D eigenvalue weighted by molar-refractivity contribution is 5.76. The lowest BCUT2D eigenvalue weighted by molar-refractivity contribution is 0.453. The monoisotopic (exact) mass is 242 g/mol. The molecule has 0 aliphatic rings. The second-order valence-electron chi connectivity index (χ2n) is 4.41. The third-order valence-electron chi connectivity index (χ3n) is 3.22. The number of rotatable bonds is 3. The van der Waals surface area contributed by atoms with E-state index in [0.717, 1.165) is 24.0 Å². The third-order valence-corrected chi connectivity index (χ3v) is 3.22. The molecule has 0 aromatic heterocycles. The first-order valence-electron chi connectivity index (χ1n) is 6.29. The van der Waals surface area contributed by atoms with E-state index in [1.807, 2.05) is 31.2 Å². The highest BCUT2D eigenvalue weighted by Gasteiger charge is 2.11. The van der Waals surface area contributed by atoms with Gasteiger partial charge in [0.1, 0.15) is 11.5 Å². The Morgan fingerprint density at radius 3 is 1.72 bits per heavy atom. The van der Waals surface area contributed by atoms with Crippen LogP contribution in [0.1, 0.15) is 25.0 Å².